The Bertz CT molecular complexity index is 595. The average molecular weight is 260 g/mol. The van der Waals surface area contributed by atoms with Gasteiger partial charge < -0.3 is 9.84 Å². The maximum absolute atomic E-state index is 12.1. The Morgan fingerprint density at radius 2 is 2.11 bits per heavy atom. The van der Waals surface area contributed by atoms with E-state index in [0.717, 1.165) is 0 Å². The van der Waals surface area contributed by atoms with Crippen molar-refractivity contribution >= 4 is 11.8 Å². The van der Waals surface area contributed by atoms with Crippen molar-refractivity contribution in [2.45, 2.75) is 33.0 Å². The van der Waals surface area contributed by atoms with Crippen LogP contribution in [0.15, 0.2) is 34.9 Å². The molecule has 19 heavy (non-hydrogen) atoms. The third-order valence-corrected chi connectivity index (χ3v) is 4.75. The zero-order valence-electron chi connectivity index (χ0n) is 11.2. The van der Waals surface area contributed by atoms with Crippen molar-refractivity contribution in [3.8, 4) is 0 Å². The highest BCUT2D eigenvalue weighted by Crippen LogP contribution is 2.53. The standard InChI is InChI=1S/C15H16O4/c1-8-4-5-12(16)11-7-15(18)10(6-14(8,11)3)9(2)13(17)19-15/h4-5,7-8,18H,6H2,1-3H3/t8-,14+,15-/m0/s1. The van der Waals surface area contributed by atoms with Crippen LogP contribution in [0.3, 0.4) is 0 Å². The van der Waals surface area contributed by atoms with Gasteiger partial charge in [-0.25, -0.2) is 4.79 Å². The van der Waals surface area contributed by atoms with Gasteiger partial charge in [0.2, 0.25) is 0 Å². The van der Waals surface area contributed by atoms with E-state index in [1.54, 1.807) is 6.92 Å². The molecule has 0 bridgehead atoms. The Kier molecular flexibility index (Phi) is 2.24. The molecule has 1 N–H and O–H groups in total. The lowest BCUT2D eigenvalue weighted by atomic mass is 9.60. The predicted octanol–water partition coefficient (Wildman–Crippen LogP) is 1.66. The van der Waals surface area contributed by atoms with E-state index in [9.17, 15) is 14.7 Å². The largest absolute Gasteiger partial charge is 0.422 e. The summed E-state index contributed by atoms with van der Waals surface area (Å²) < 4.78 is 5.03. The summed E-state index contributed by atoms with van der Waals surface area (Å²) in [5, 5.41) is 10.5. The molecule has 100 valence electrons. The molecule has 0 aromatic rings. The molecule has 0 radical (unpaired) electrons. The van der Waals surface area contributed by atoms with Crippen molar-refractivity contribution in [1.29, 1.82) is 0 Å². The number of carbonyl (C=O) groups is 2. The van der Waals surface area contributed by atoms with Crippen LogP contribution in [0.5, 0.6) is 0 Å². The quantitative estimate of drug-likeness (QED) is 0.673. The zero-order chi connectivity index (χ0) is 14.0. The maximum atomic E-state index is 12.1. The highest BCUT2D eigenvalue weighted by molar-refractivity contribution is 6.07. The number of ether oxygens (including phenoxy) is 1. The number of hydrogen-bond acceptors (Lipinski definition) is 4. The van der Waals surface area contributed by atoms with Crippen LogP contribution in [0.2, 0.25) is 0 Å². The van der Waals surface area contributed by atoms with Gasteiger partial charge in [-0.1, -0.05) is 19.9 Å². The summed E-state index contributed by atoms with van der Waals surface area (Å²) in [5.74, 6) is -2.19. The Labute approximate surface area is 111 Å². The van der Waals surface area contributed by atoms with Gasteiger partial charge in [0.1, 0.15) is 0 Å². The highest BCUT2D eigenvalue weighted by Gasteiger charge is 2.54. The molecule has 0 saturated heterocycles. The molecule has 3 atom stereocenters. The minimum absolute atomic E-state index is 0.117. The summed E-state index contributed by atoms with van der Waals surface area (Å²) in [6.07, 6.45) is 5.30. The zero-order valence-corrected chi connectivity index (χ0v) is 11.2. The van der Waals surface area contributed by atoms with E-state index in [2.05, 4.69) is 0 Å². The van der Waals surface area contributed by atoms with Crippen molar-refractivity contribution in [2.75, 3.05) is 0 Å². The molecular weight excluding hydrogens is 244 g/mol. The first-order valence-corrected chi connectivity index (χ1v) is 6.40. The molecule has 3 aliphatic rings. The number of allylic oxidation sites excluding steroid dienone is 3. The highest BCUT2D eigenvalue weighted by atomic mass is 16.7. The van der Waals surface area contributed by atoms with Crippen LogP contribution in [0.25, 0.3) is 0 Å². The molecule has 0 aromatic heterocycles. The van der Waals surface area contributed by atoms with Crippen LogP contribution in [0, 0.1) is 11.3 Å². The Balaban J connectivity index is 2.23. The third kappa shape index (κ3) is 1.43. The summed E-state index contributed by atoms with van der Waals surface area (Å²) in [6.45, 7) is 5.69. The monoisotopic (exact) mass is 260 g/mol. The fourth-order valence-electron chi connectivity index (χ4n) is 3.16. The van der Waals surface area contributed by atoms with Gasteiger partial charge in [-0.15, -0.1) is 0 Å². The molecule has 4 nitrogen and oxygen atoms in total. The van der Waals surface area contributed by atoms with Crippen LogP contribution >= 0.6 is 0 Å². The van der Waals surface area contributed by atoms with E-state index in [1.807, 2.05) is 19.9 Å². The molecule has 0 amide bonds. The van der Waals surface area contributed by atoms with Crippen molar-refractivity contribution in [1.82, 2.24) is 0 Å². The summed E-state index contributed by atoms with van der Waals surface area (Å²) >= 11 is 0. The maximum Gasteiger partial charge on any atom is 0.336 e. The number of esters is 1. The first-order chi connectivity index (χ1) is 8.78. The van der Waals surface area contributed by atoms with Gasteiger partial charge in [0.05, 0.1) is 0 Å². The minimum Gasteiger partial charge on any atom is -0.422 e. The molecule has 3 rings (SSSR count). The number of aliphatic hydroxyl groups is 1. The second-order valence-electron chi connectivity index (χ2n) is 5.85. The van der Waals surface area contributed by atoms with E-state index < -0.39 is 11.8 Å². The molecule has 0 saturated carbocycles. The minimum atomic E-state index is -1.73. The van der Waals surface area contributed by atoms with Crippen LogP contribution in [-0.2, 0) is 14.3 Å². The summed E-state index contributed by atoms with van der Waals surface area (Å²) in [5.41, 5.74) is 1.19. The number of hydrogen-bond donors (Lipinski definition) is 1. The first kappa shape index (κ1) is 12.4. The van der Waals surface area contributed by atoms with Gasteiger partial charge in [0.15, 0.2) is 5.78 Å². The lowest BCUT2D eigenvalue weighted by molar-refractivity contribution is -0.169. The summed E-state index contributed by atoms with van der Waals surface area (Å²) in [6, 6.07) is 0. The van der Waals surface area contributed by atoms with Crippen LogP contribution < -0.4 is 0 Å². The van der Waals surface area contributed by atoms with E-state index in [-0.39, 0.29) is 17.1 Å². The van der Waals surface area contributed by atoms with Gasteiger partial charge in [0.25, 0.3) is 5.79 Å². The number of fused-ring (bicyclic) bond motifs is 2. The Morgan fingerprint density at radius 3 is 2.79 bits per heavy atom. The van der Waals surface area contributed by atoms with Gasteiger partial charge in [-0.3, -0.25) is 4.79 Å². The number of ketones is 1. The van der Waals surface area contributed by atoms with Crippen LogP contribution in [0.1, 0.15) is 27.2 Å². The van der Waals surface area contributed by atoms with Gasteiger partial charge in [-0.2, -0.15) is 0 Å². The SMILES string of the molecule is CC1=C2C[C@@]3(C)C(=C[C@]2(O)OC1=O)C(=O)C=C[C@@H]3C. The molecule has 1 heterocycles. The third-order valence-electron chi connectivity index (χ3n) is 4.75. The van der Waals surface area contributed by atoms with Crippen LogP contribution in [-0.4, -0.2) is 22.6 Å². The second kappa shape index (κ2) is 3.45. The Morgan fingerprint density at radius 1 is 1.42 bits per heavy atom. The van der Waals surface area contributed by atoms with Crippen molar-refractivity contribution in [3.63, 3.8) is 0 Å². The van der Waals surface area contributed by atoms with Crippen molar-refractivity contribution < 1.29 is 19.4 Å². The molecule has 0 spiro atoms. The average Bonchev–Trinajstić information content (AvgIpc) is 2.55. The van der Waals surface area contributed by atoms with Crippen molar-refractivity contribution in [2.24, 2.45) is 11.3 Å². The fourth-order valence-corrected chi connectivity index (χ4v) is 3.16. The fraction of sp³-hybridized carbons (Fsp3) is 0.467. The topological polar surface area (TPSA) is 63.6 Å². The van der Waals surface area contributed by atoms with Crippen molar-refractivity contribution in [3.05, 3.63) is 34.9 Å². The predicted molar refractivity (Wildman–Crippen MR) is 67.9 cm³/mol. The molecule has 0 unspecified atom stereocenters. The lowest BCUT2D eigenvalue weighted by Gasteiger charge is -2.44. The van der Waals surface area contributed by atoms with E-state index >= 15 is 0 Å². The lowest BCUT2D eigenvalue weighted by Crippen LogP contribution is -2.44. The van der Waals surface area contributed by atoms with E-state index in [1.165, 1.54) is 12.2 Å². The molecule has 4 heteroatoms. The molecule has 0 aromatic carbocycles. The van der Waals surface area contributed by atoms with E-state index in [4.69, 9.17) is 4.74 Å². The smallest absolute Gasteiger partial charge is 0.336 e. The summed E-state index contributed by atoms with van der Waals surface area (Å²) in [4.78, 5) is 23.7. The number of rotatable bonds is 0. The second-order valence-corrected chi connectivity index (χ2v) is 5.85. The molecule has 1 aliphatic heterocycles. The number of carbonyl (C=O) groups excluding carboxylic acids is 2. The summed E-state index contributed by atoms with van der Waals surface area (Å²) in [7, 11) is 0. The first-order valence-electron chi connectivity index (χ1n) is 6.40. The van der Waals surface area contributed by atoms with E-state index in [0.29, 0.717) is 23.1 Å². The normalized spacial score (nSPS) is 40.8. The Hall–Kier alpha value is -1.68. The molecular formula is C15H16O4. The molecule has 0 fully saturated rings. The van der Waals surface area contributed by atoms with Gasteiger partial charge >= 0.3 is 5.97 Å². The van der Waals surface area contributed by atoms with Crippen LogP contribution in [0.4, 0.5) is 0 Å². The van der Waals surface area contributed by atoms with Gasteiger partial charge in [0, 0.05) is 22.1 Å². The van der Waals surface area contributed by atoms with Gasteiger partial charge in [-0.05, 0) is 31.4 Å². The molecule has 2 aliphatic carbocycles.